The molecule has 2 aromatic heterocycles. The van der Waals surface area contributed by atoms with Crippen molar-refractivity contribution in [2.24, 2.45) is 0 Å². The zero-order chi connectivity index (χ0) is 22.9. The Labute approximate surface area is 189 Å². The predicted octanol–water partition coefficient (Wildman–Crippen LogP) is 3.26. The number of piperazine rings is 1. The number of rotatable bonds is 4. The Bertz CT molecular complexity index is 1300. The Morgan fingerprint density at radius 1 is 0.970 bits per heavy atom. The number of amides is 1. The first kappa shape index (κ1) is 21.0. The Morgan fingerprint density at radius 2 is 1.67 bits per heavy atom. The molecule has 0 bridgehead atoms. The van der Waals surface area contributed by atoms with E-state index in [0.717, 1.165) is 34.8 Å². The highest BCUT2D eigenvalue weighted by atomic mass is 19.1. The van der Waals surface area contributed by atoms with Gasteiger partial charge < -0.3 is 9.80 Å². The second kappa shape index (κ2) is 8.57. The summed E-state index contributed by atoms with van der Waals surface area (Å²) < 4.78 is 30.0. The van der Waals surface area contributed by atoms with Crippen molar-refractivity contribution in [3.8, 4) is 0 Å². The molecule has 1 aliphatic rings. The monoisotopic (exact) mass is 448 g/mol. The second-order valence-electron chi connectivity index (χ2n) is 8.01. The van der Waals surface area contributed by atoms with Gasteiger partial charge in [0.05, 0.1) is 0 Å². The van der Waals surface area contributed by atoms with Gasteiger partial charge in [-0.3, -0.25) is 4.79 Å². The van der Waals surface area contributed by atoms with E-state index in [-0.39, 0.29) is 0 Å². The van der Waals surface area contributed by atoms with Crippen LogP contribution in [0.5, 0.6) is 0 Å². The van der Waals surface area contributed by atoms with E-state index >= 15 is 0 Å². The third-order valence-electron chi connectivity index (χ3n) is 5.97. The minimum Gasteiger partial charge on any atom is -0.353 e. The van der Waals surface area contributed by atoms with Crippen molar-refractivity contribution in [3.63, 3.8) is 0 Å². The first-order valence-electron chi connectivity index (χ1n) is 10.7. The number of nitrogens with zero attached hydrogens (tertiary/aromatic N) is 6. The number of aryl methyl sites for hydroxylation is 1. The van der Waals surface area contributed by atoms with Gasteiger partial charge in [-0.1, -0.05) is 36.4 Å². The fourth-order valence-corrected chi connectivity index (χ4v) is 4.28. The maximum absolute atomic E-state index is 14.1. The van der Waals surface area contributed by atoms with E-state index in [1.807, 2.05) is 25.1 Å². The second-order valence-corrected chi connectivity index (χ2v) is 8.01. The fraction of sp³-hybridized carbons (Fsp3) is 0.250. The van der Waals surface area contributed by atoms with Gasteiger partial charge >= 0.3 is 0 Å². The topological polar surface area (TPSA) is 66.6 Å². The van der Waals surface area contributed by atoms with Gasteiger partial charge in [0.15, 0.2) is 0 Å². The van der Waals surface area contributed by atoms with Crippen molar-refractivity contribution in [2.45, 2.75) is 13.3 Å². The first-order chi connectivity index (χ1) is 16.0. The van der Waals surface area contributed by atoms with Crippen LogP contribution in [-0.2, 0) is 6.42 Å². The van der Waals surface area contributed by atoms with Crippen molar-refractivity contribution in [3.05, 3.63) is 88.9 Å². The predicted molar refractivity (Wildman–Crippen MR) is 119 cm³/mol. The summed E-state index contributed by atoms with van der Waals surface area (Å²) in [6, 6.07) is 13.6. The maximum atomic E-state index is 14.1. The summed E-state index contributed by atoms with van der Waals surface area (Å²) in [6.45, 7) is 3.59. The molecule has 0 aliphatic carbocycles. The van der Waals surface area contributed by atoms with Gasteiger partial charge in [-0.15, -0.1) is 0 Å². The Morgan fingerprint density at radius 3 is 2.36 bits per heavy atom. The number of carbonyl (C=O) groups is 1. The molecule has 7 nitrogen and oxygen atoms in total. The molecule has 0 atom stereocenters. The van der Waals surface area contributed by atoms with E-state index in [2.05, 4.69) is 32.1 Å². The lowest BCUT2D eigenvalue weighted by atomic mass is 10.0. The van der Waals surface area contributed by atoms with Crippen LogP contribution >= 0.6 is 0 Å². The van der Waals surface area contributed by atoms with Crippen LogP contribution in [0.4, 0.5) is 14.6 Å². The number of aromatic nitrogens is 4. The number of hydrogen-bond donors (Lipinski definition) is 0. The van der Waals surface area contributed by atoms with Crippen LogP contribution in [0.15, 0.2) is 54.9 Å². The number of anilines is 1. The molecule has 0 N–H and O–H groups in total. The summed E-state index contributed by atoms with van der Waals surface area (Å²) in [5, 5.41) is 4.38. The molecule has 0 spiro atoms. The Hall–Kier alpha value is -3.88. The van der Waals surface area contributed by atoms with E-state index < -0.39 is 23.1 Å². The van der Waals surface area contributed by atoms with Crippen molar-refractivity contribution in [1.82, 2.24) is 24.5 Å². The molecule has 1 amide bonds. The van der Waals surface area contributed by atoms with Crippen LogP contribution in [0.3, 0.4) is 0 Å². The van der Waals surface area contributed by atoms with Crippen LogP contribution in [0.1, 0.15) is 27.2 Å². The largest absolute Gasteiger partial charge is 0.353 e. The lowest BCUT2D eigenvalue weighted by molar-refractivity contribution is 0.0736. The average molecular weight is 448 g/mol. The zero-order valence-electron chi connectivity index (χ0n) is 18.1. The quantitative estimate of drug-likeness (QED) is 0.480. The van der Waals surface area contributed by atoms with E-state index in [9.17, 15) is 13.6 Å². The standard InChI is InChI=1S/C24H22F2N6O/c1-16-18(14-17-6-3-2-4-7-17)22(32-24(29-16)27-15-28-32)30-10-12-31(13-11-30)23(33)21-19(25)8-5-9-20(21)26/h2-9,15H,10-14H2,1H3. The van der Waals surface area contributed by atoms with Crippen molar-refractivity contribution in [1.29, 1.82) is 0 Å². The zero-order valence-corrected chi connectivity index (χ0v) is 18.1. The number of benzene rings is 2. The van der Waals surface area contributed by atoms with Crippen molar-refractivity contribution in [2.75, 3.05) is 31.1 Å². The van der Waals surface area contributed by atoms with Gasteiger partial charge in [-0.25, -0.2) is 13.8 Å². The van der Waals surface area contributed by atoms with E-state index in [1.165, 1.54) is 17.3 Å². The molecule has 1 saturated heterocycles. The third kappa shape index (κ3) is 3.90. The summed E-state index contributed by atoms with van der Waals surface area (Å²) in [5.41, 5.74) is 2.53. The molecule has 1 fully saturated rings. The molecule has 1 aliphatic heterocycles. The van der Waals surface area contributed by atoms with Gasteiger partial charge in [-0.2, -0.15) is 14.6 Å². The molecule has 168 valence electrons. The van der Waals surface area contributed by atoms with Gasteiger partial charge in [0.1, 0.15) is 29.3 Å². The van der Waals surface area contributed by atoms with Crippen LogP contribution in [0, 0.1) is 18.6 Å². The molecule has 3 heterocycles. The van der Waals surface area contributed by atoms with Crippen LogP contribution < -0.4 is 4.90 Å². The van der Waals surface area contributed by atoms with Crippen molar-refractivity contribution < 1.29 is 13.6 Å². The Balaban J connectivity index is 1.44. The molecule has 2 aromatic carbocycles. The average Bonchev–Trinajstić information content (AvgIpc) is 3.28. The normalized spacial score (nSPS) is 14.2. The summed E-state index contributed by atoms with van der Waals surface area (Å²) in [6.07, 6.45) is 2.14. The molecule has 0 radical (unpaired) electrons. The molecule has 5 rings (SSSR count). The van der Waals surface area contributed by atoms with Crippen molar-refractivity contribution >= 4 is 17.5 Å². The van der Waals surface area contributed by atoms with Gasteiger partial charge in [0.25, 0.3) is 11.7 Å². The highest BCUT2D eigenvalue weighted by molar-refractivity contribution is 5.95. The molecule has 33 heavy (non-hydrogen) atoms. The number of hydrogen-bond acceptors (Lipinski definition) is 5. The highest BCUT2D eigenvalue weighted by Gasteiger charge is 2.29. The minimum atomic E-state index is -0.846. The molecular weight excluding hydrogens is 426 g/mol. The smallest absolute Gasteiger partial charge is 0.259 e. The molecule has 9 heteroatoms. The minimum absolute atomic E-state index is 0.328. The lowest BCUT2D eigenvalue weighted by Gasteiger charge is -2.37. The van der Waals surface area contributed by atoms with E-state index in [1.54, 1.807) is 4.52 Å². The summed E-state index contributed by atoms with van der Waals surface area (Å²) in [5.74, 6) is -0.941. The van der Waals surface area contributed by atoms with Gasteiger partial charge in [0, 0.05) is 43.9 Å². The molecule has 0 saturated carbocycles. The molecule has 4 aromatic rings. The number of fused-ring (bicyclic) bond motifs is 1. The van der Waals surface area contributed by atoms with Gasteiger partial charge in [-0.05, 0) is 24.6 Å². The maximum Gasteiger partial charge on any atom is 0.259 e. The van der Waals surface area contributed by atoms with E-state index in [0.29, 0.717) is 38.4 Å². The summed E-state index contributed by atoms with van der Waals surface area (Å²) >= 11 is 0. The Kier molecular flexibility index (Phi) is 5.45. The number of carbonyl (C=O) groups excluding carboxylic acids is 1. The van der Waals surface area contributed by atoms with Crippen LogP contribution in [0.25, 0.3) is 5.78 Å². The number of halogens is 2. The van der Waals surface area contributed by atoms with Crippen LogP contribution in [-0.4, -0.2) is 56.6 Å². The summed E-state index contributed by atoms with van der Waals surface area (Å²) in [4.78, 5) is 25.3. The molecule has 0 unspecified atom stereocenters. The van der Waals surface area contributed by atoms with E-state index in [4.69, 9.17) is 0 Å². The first-order valence-corrected chi connectivity index (χ1v) is 10.7. The summed E-state index contributed by atoms with van der Waals surface area (Å²) in [7, 11) is 0. The van der Waals surface area contributed by atoms with Gasteiger partial charge in [0.2, 0.25) is 0 Å². The highest BCUT2D eigenvalue weighted by Crippen LogP contribution is 2.27. The molecular formula is C24H22F2N6O. The third-order valence-corrected chi connectivity index (χ3v) is 5.97. The fourth-order valence-electron chi connectivity index (χ4n) is 4.28. The SMILES string of the molecule is Cc1nc2ncnn2c(N2CCN(C(=O)c3c(F)cccc3F)CC2)c1Cc1ccccc1. The van der Waals surface area contributed by atoms with Crippen LogP contribution in [0.2, 0.25) is 0 Å². The lowest BCUT2D eigenvalue weighted by Crippen LogP contribution is -2.50.